The number of nitrogens with zero attached hydrogens (tertiary/aromatic N) is 3. The van der Waals surface area contributed by atoms with E-state index in [1.165, 1.54) is 0 Å². The van der Waals surface area contributed by atoms with Gasteiger partial charge < -0.3 is 20.0 Å². The lowest BCUT2D eigenvalue weighted by atomic mass is 10.3. The molecule has 2 rings (SSSR count). The van der Waals surface area contributed by atoms with Gasteiger partial charge in [0.15, 0.2) is 0 Å². The van der Waals surface area contributed by atoms with Crippen LogP contribution in [0.1, 0.15) is 45.0 Å². The lowest BCUT2D eigenvalue weighted by molar-refractivity contribution is -0.119. The summed E-state index contributed by atoms with van der Waals surface area (Å²) in [6, 6.07) is 0.758. The quantitative estimate of drug-likeness (QED) is 0.735. The highest BCUT2D eigenvalue weighted by atomic mass is 16.4. The summed E-state index contributed by atoms with van der Waals surface area (Å²) < 4.78 is 5.59. The zero-order chi connectivity index (χ0) is 14.5. The Hall–Kier alpha value is -1.63. The molecule has 1 aliphatic carbocycles. The number of amides is 1. The highest BCUT2D eigenvalue weighted by Crippen LogP contribution is 2.19. The summed E-state index contributed by atoms with van der Waals surface area (Å²) in [5, 5.41) is 14.2. The predicted molar refractivity (Wildman–Crippen MR) is 75.4 cm³/mol. The highest BCUT2D eigenvalue weighted by molar-refractivity contribution is 5.81. The molecule has 0 radical (unpaired) electrons. The fraction of sp³-hybridized carbons (Fsp3) is 0.769. The van der Waals surface area contributed by atoms with E-state index in [0.717, 1.165) is 25.8 Å². The van der Waals surface area contributed by atoms with E-state index in [1.54, 1.807) is 11.9 Å². The minimum absolute atomic E-state index is 0.00749. The van der Waals surface area contributed by atoms with Crippen LogP contribution in [0.5, 0.6) is 0 Å². The van der Waals surface area contributed by atoms with E-state index in [-0.39, 0.29) is 18.5 Å². The fourth-order valence-electron chi connectivity index (χ4n) is 1.79. The molecule has 1 aliphatic rings. The summed E-state index contributed by atoms with van der Waals surface area (Å²) in [6.07, 6.45) is 3.22. The summed E-state index contributed by atoms with van der Waals surface area (Å²) in [6.45, 7) is 5.21. The minimum atomic E-state index is -0.00749. The van der Waals surface area contributed by atoms with Gasteiger partial charge in [-0.15, -0.1) is 5.10 Å². The molecule has 20 heavy (non-hydrogen) atoms. The van der Waals surface area contributed by atoms with Crippen LogP contribution in [0.15, 0.2) is 4.42 Å². The fourth-order valence-corrected chi connectivity index (χ4v) is 1.79. The lowest BCUT2D eigenvalue weighted by Crippen LogP contribution is -2.36. The Balaban J connectivity index is 1.84. The van der Waals surface area contributed by atoms with Crippen molar-refractivity contribution in [2.45, 2.75) is 45.2 Å². The molecule has 0 aliphatic heterocycles. The molecule has 1 atom stereocenters. The van der Waals surface area contributed by atoms with Crippen molar-refractivity contribution in [2.24, 2.45) is 0 Å². The maximum Gasteiger partial charge on any atom is 0.318 e. The van der Waals surface area contributed by atoms with E-state index < -0.39 is 0 Å². The monoisotopic (exact) mass is 281 g/mol. The third-order valence-corrected chi connectivity index (χ3v) is 3.15. The number of rotatable bonds is 8. The molecule has 1 aromatic rings. The van der Waals surface area contributed by atoms with Crippen LogP contribution in [-0.2, 0) is 4.79 Å². The lowest BCUT2D eigenvalue weighted by Gasteiger charge is -2.13. The number of carbonyl (C=O) groups excluding carboxylic acids is 1. The van der Waals surface area contributed by atoms with Crippen molar-refractivity contribution in [1.29, 1.82) is 0 Å². The van der Waals surface area contributed by atoms with Crippen molar-refractivity contribution < 1.29 is 9.21 Å². The topological polar surface area (TPSA) is 83.3 Å². The summed E-state index contributed by atoms with van der Waals surface area (Å²) in [5.41, 5.74) is 0. The molecule has 7 nitrogen and oxygen atoms in total. The van der Waals surface area contributed by atoms with E-state index in [1.807, 2.05) is 6.92 Å². The van der Waals surface area contributed by atoms with Gasteiger partial charge in [-0.2, -0.15) is 0 Å². The third-order valence-electron chi connectivity index (χ3n) is 3.15. The average molecular weight is 281 g/mol. The van der Waals surface area contributed by atoms with Crippen LogP contribution in [-0.4, -0.2) is 42.3 Å². The molecule has 1 heterocycles. The number of carbonyl (C=O) groups is 1. The Morgan fingerprint density at radius 1 is 1.50 bits per heavy atom. The molecule has 1 fully saturated rings. The molecule has 1 unspecified atom stereocenters. The van der Waals surface area contributed by atoms with E-state index in [9.17, 15) is 4.79 Å². The second-order valence-corrected chi connectivity index (χ2v) is 5.30. The standard InChI is InChI=1S/C13H23N5O2/c1-4-7-14-9(2)12-16-17-13(20-12)18(3)8-11(19)15-10-5-6-10/h9-10,14H,4-8H2,1-3H3,(H,15,19). The van der Waals surface area contributed by atoms with Crippen molar-refractivity contribution in [3.8, 4) is 0 Å². The molecular weight excluding hydrogens is 258 g/mol. The van der Waals surface area contributed by atoms with Gasteiger partial charge in [-0.1, -0.05) is 12.0 Å². The van der Waals surface area contributed by atoms with Gasteiger partial charge in [-0.3, -0.25) is 4.79 Å². The van der Waals surface area contributed by atoms with Crippen LogP contribution in [0.2, 0.25) is 0 Å². The zero-order valence-electron chi connectivity index (χ0n) is 12.3. The van der Waals surface area contributed by atoms with Gasteiger partial charge in [0.25, 0.3) is 0 Å². The second-order valence-electron chi connectivity index (χ2n) is 5.30. The maximum absolute atomic E-state index is 11.7. The van der Waals surface area contributed by atoms with Gasteiger partial charge in [0.05, 0.1) is 6.04 Å². The van der Waals surface area contributed by atoms with Gasteiger partial charge in [0, 0.05) is 13.1 Å². The number of likely N-dealkylation sites (N-methyl/N-ethyl adjacent to an activating group) is 1. The highest BCUT2D eigenvalue weighted by Gasteiger charge is 2.24. The van der Waals surface area contributed by atoms with Gasteiger partial charge in [-0.25, -0.2) is 0 Å². The van der Waals surface area contributed by atoms with E-state index >= 15 is 0 Å². The Morgan fingerprint density at radius 3 is 2.90 bits per heavy atom. The first-order valence-electron chi connectivity index (χ1n) is 7.17. The smallest absolute Gasteiger partial charge is 0.318 e. The summed E-state index contributed by atoms with van der Waals surface area (Å²) >= 11 is 0. The molecule has 1 aromatic heterocycles. The van der Waals surface area contributed by atoms with E-state index in [2.05, 4.69) is 27.8 Å². The molecule has 7 heteroatoms. The number of hydrogen-bond donors (Lipinski definition) is 2. The molecule has 112 valence electrons. The van der Waals surface area contributed by atoms with Crippen LogP contribution < -0.4 is 15.5 Å². The van der Waals surface area contributed by atoms with Crippen LogP contribution in [0, 0.1) is 0 Å². The van der Waals surface area contributed by atoms with Gasteiger partial charge in [0.2, 0.25) is 11.8 Å². The van der Waals surface area contributed by atoms with E-state index in [0.29, 0.717) is 17.9 Å². The first-order valence-corrected chi connectivity index (χ1v) is 7.17. The summed E-state index contributed by atoms with van der Waals surface area (Å²) in [7, 11) is 1.77. The van der Waals surface area contributed by atoms with Crippen molar-refractivity contribution in [2.75, 3.05) is 25.0 Å². The Labute approximate surface area is 119 Å². The van der Waals surface area contributed by atoms with Gasteiger partial charge in [0.1, 0.15) is 6.54 Å². The normalized spacial score (nSPS) is 15.9. The first kappa shape index (κ1) is 14.8. The van der Waals surface area contributed by atoms with Crippen LogP contribution in [0.25, 0.3) is 0 Å². The first-order chi connectivity index (χ1) is 9.60. The van der Waals surface area contributed by atoms with Crippen molar-refractivity contribution in [3.05, 3.63) is 5.89 Å². The molecule has 1 saturated carbocycles. The van der Waals surface area contributed by atoms with Crippen molar-refractivity contribution >= 4 is 11.9 Å². The number of hydrogen-bond acceptors (Lipinski definition) is 6. The minimum Gasteiger partial charge on any atom is -0.406 e. The average Bonchev–Trinajstić information content (AvgIpc) is 3.08. The number of nitrogens with one attached hydrogen (secondary N) is 2. The Bertz CT molecular complexity index is 444. The van der Waals surface area contributed by atoms with Gasteiger partial charge in [-0.05, 0) is 32.7 Å². The SMILES string of the molecule is CCCNC(C)c1nnc(N(C)CC(=O)NC2CC2)o1. The Kier molecular flexibility index (Phi) is 4.94. The number of aromatic nitrogens is 2. The zero-order valence-corrected chi connectivity index (χ0v) is 12.3. The summed E-state index contributed by atoms with van der Waals surface area (Å²) in [5.74, 6) is 0.537. The van der Waals surface area contributed by atoms with Crippen molar-refractivity contribution in [1.82, 2.24) is 20.8 Å². The Morgan fingerprint density at radius 2 is 2.25 bits per heavy atom. The molecule has 0 bridgehead atoms. The van der Waals surface area contributed by atoms with Crippen LogP contribution in [0.4, 0.5) is 6.01 Å². The predicted octanol–water partition coefficient (Wildman–Crippen LogP) is 0.845. The molecular formula is C13H23N5O2. The molecule has 0 aromatic carbocycles. The number of anilines is 1. The molecule has 0 saturated heterocycles. The van der Waals surface area contributed by atoms with Crippen LogP contribution >= 0.6 is 0 Å². The second kappa shape index (κ2) is 6.69. The van der Waals surface area contributed by atoms with Gasteiger partial charge >= 0.3 is 6.01 Å². The molecule has 0 spiro atoms. The summed E-state index contributed by atoms with van der Waals surface area (Å²) in [4.78, 5) is 13.4. The molecule has 2 N–H and O–H groups in total. The molecule has 1 amide bonds. The third kappa shape index (κ3) is 4.19. The van der Waals surface area contributed by atoms with Crippen LogP contribution in [0.3, 0.4) is 0 Å². The maximum atomic E-state index is 11.7. The van der Waals surface area contributed by atoms with Crippen molar-refractivity contribution in [3.63, 3.8) is 0 Å². The van der Waals surface area contributed by atoms with E-state index in [4.69, 9.17) is 4.42 Å². The largest absolute Gasteiger partial charge is 0.406 e.